The molecule has 1 aliphatic rings. The molecule has 1 heterocycles. The molecular formula is C20H23N3O3S. The summed E-state index contributed by atoms with van der Waals surface area (Å²) in [5.41, 5.74) is 1.83. The van der Waals surface area contributed by atoms with E-state index < -0.39 is 10.0 Å². The van der Waals surface area contributed by atoms with E-state index >= 15 is 0 Å². The largest absolute Gasteiger partial charge is 0.322 e. The third-order valence-corrected chi connectivity index (χ3v) is 5.80. The van der Waals surface area contributed by atoms with Gasteiger partial charge in [0.1, 0.15) is 5.84 Å². The molecule has 0 aromatic heterocycles. The van der Waals surface area contributed by atoms with Crippen molar-refractivity contribution >= 4 is 27.5 Å². The second-order valence-electron chi connectivity index (χ2n) is 6.54. The SMILES string of the molecule is Cc1ccccc1C(=O)Nc1cccc(S(=O)(=O)NC2=NCCCCC2)c1. The minimum absolute atomic E-state index is 0.0945. The molecule has 0 spiro atoms. The molecule has 0 aliphatic carbocycles. The number of anilines is 1. The van der Waals surface area contributed by atoms with Crippen molar-refractivity contribution in [2.24, 2.45) is 4.99 Å². The molecule has 1 aliphatic heterocycles. The summed E-state index contributed by atoms with van der Waals surface area (Å²) in [6.45, 7) is 2.50. The van der Waals surface area contributed by atoms with Gasteiger partial charge in [-0.25, -0.2) is 8.42 Å². The van der Waals surface area contributed by atoms with Crippen LogP contribution in [0.25, 0.3) is 0 Å². The number of hydrogen-bond acceptors (Lipinski definition) is 4. The van der Waals surface area contributed by atoms with Crippen molar-refractivity contribution in [1.82, 2.24) is 4.72 Å². The Morgan fingerprint density at radius 2 is 1.85 bits per heavy atom. The molecule has 0 bridgehead atoms. The first-order valence-corrected chi connectivity index (χ1v) is 10.5. The van der Waals surface area contributed by atoms with E-state index in [9.17, 15) is 13.2 Å². The minimum atomic E-state index is -3.74. The maximum Gasteiger partial charge on any atom is 0.262 e. The lowest BCUT2D eigenvalue weighted by Crippen LogP contribution is -2.30. The quantitative estimate of drug-likeness (QED) is 0.844. The van der Waals surface area contributed by atoms with Gasteiger partial charge in [-0.3, -0.25) is 14.5 Å². The summed E-state index contributed by atoms with van der Waals surface area (Å²) >= 11 is 0. The molecule has 0 radical (unpaired) electrons. The maximum atomic E-state index is 12.7. The van der Waals surface area contributed by atoms with Gasteiger partial charge in [0.2, 0.25) is 0 Å². The summed E-state index contributed by atoms with van der Waals surface area (Å²) in [5.74, 6) is 0.227. The predicted molar refractivity (Wildman–Crippen MR) is 107 cm³/mol. The van der Waals surface area contributed by atoms with Gasteiger partial charge >= 0.3 is 0 Å². The highest BCUT2D eigenvalue weighted by Crippen LogP contribution is 2.18. The van der Waals surface area contributed by atoms with Crippen molar-refractivity contribution in [1.29, 1.82) is 0 Å². The number of rotatable bonds is 4. The third kappa shape index (κ3) is 4.95. The van der Waals surface area contributed by atoms with Crippen molar-refractivity contribution in [3.63, 3.8) is 0 Å². The van der Waals surface area contributed by atoms with E-state index in [0.29, 0.717) is 30.1 Å². The number of amides is 1. The zero-order valence-corrected chi connectivity index (χ0v) is 16.1. The average molecular weight is 385 g/mol. The molecule has 27 heavy (non-hydrogen) atoms. The Morgan fingerprint density at radius 3 is 2.67 bits per heavy atom. The monoisotopic (exact) mass is 385 g/mol. The van der Waals surface area contributed by atoms with Crippen LogP contribution in [-0.4, -0.2) is 26.7 Å². The van der Waals surface area contributed by atoms with Gasteiger partial charge in [-0.1, -0.05) is 30.7 Å². The van der Waals surface area contributed by atoms with Crippen LogP contribution in [0.15, 0.2) is 58.4 Å². The first-order valence-electron chi connectivity index (χ1n) is 8.99. The molecule has 3 rings (SSSR count). The van der Waals surface area contributed by atoms with Gasteiger partial charge in [0.05, 0.1) is 4.90 Å². The number of nitrogens with zero attached hydrogens (tertiary/aromatic N) is 1. The Labute approximate surface area is 159 Å². The van der Waals surface area contributed by atoms with Gasteiger partial charge in [-0.15, -0.1) is 0 Å². The number of sulfonamides is 1. The summed E-state index contributed by atoms with van der Waals surface area (Å²) < 4.78 is 27.9. The molecule has 1 amide bonds. The summed E-state index contributed by atoms with van der Waals surface area (Å²) in [5, 5.41) is 2.76. The Hall–Kier alpha value is -2.67. The maximum absolute atomic E-state index is 12.7. The standard InChI is InChI=1S/C20H23N3O3S/c1-15-8-4-5-11-18(15)20(24)22-16-9-7-10-17(14-16)27(25,26)23-19-12-3-2-6-13-21-19/h4-5,7-11,14H,2-3,6,12-13H2,1H3,(H,21,23)(H,22,24). The van der Waals surface area contributed by atoms with Crippen LogP contribution >= 0.6 is 0 Å². The van der Waals surface area contributed by atoms with Gasteiger partial charge < -0.3 is 5.32 Å². The zero-order chi connectivity index (χ0) is 19.3. The fourth-order valence-electron chi connectivity index (χ4n) is 2.94. The van der Waals surface area contributed by atoms with Crippen LogP contribution < -0.4 is 10.0 Å². The van der Waals surface area contributed by atoms with Crippen molar-refractivity contribution < 1.29 is 13.2 Å². The van der Waals surface area contributed by atoms with E-state index in [1.165, 1.54) is 12.1 Å². The first-order chi connectivity index (χ1) is 13.0. The van der Waals surface area contributed by atoms with Gasteiger partial charge in [-0.05, 0) is 49.6 Å². The fourth-order valence-corrected chi connectivity index (χ4v) is 4.07. The summed E-state index contributed by atoms with van der Waals surface area (Å²) in [4.78, 5) is 16.9. The third-order valence-electron chi connectivity index (χ3n) is 4.42. The number of aliphatic imine (C=N–C) groups is 1. The first kappa shape index (κ1) is 19.1. The van der Waals surface area contributed by atoms with Gasteiger partial charge in [-0.2, -0.15) is 0 Å². The molecule has 0 atom stereocenters. The van der Waals surface area contributed by atoms with E-state index in [1.807, 2.05) is 19.1 Å². The molecule has 0 unspecified atom stereocenters. The van der Waals surface area contributed by atoms with E-state index in [2.05, 4.69) is 15.0 Å². The van der Waals surface area contributed by atoms with E-state index in [4.69, 9.17) is 0 Å². The summed E-state index contributed by atoms with van der Waals surface area (Å²) in [7, 11) is -3.74. The van der Waals surface area contributed by atoms with E-state index in [1.54, 1.807) is 24.3 Å². The highest BCUT2D eigenvalue weighted by atomic mass is 32.2. The van der Waals surface area contributed by atoms with Crippen LogP contribution in [0.2, 0.25) is 0 Å². The van der Waals surface area contributed by atoms with Crippen LogP contribution in [0.1, 0.15) is 41.6 Å². The molecule has 0 fully saturated rings. The van der Waals surface area contributed by atoms with Gasteiger partial charge in [0.25, 0.3) is 15.9 Å². The van der Waals surface area contributed by atoms with Gasteiger partial charge in [0, 0.05) is 24.2 Å². The number of aryl methyl sites for hydroxylation is 1. The second kappa shape index (κ2) is 8.35. The molecule has 7 heteroatoms. The van der Waals surface area contributed by atoms with Crippen molar-refractivity contribution in [3.05, 3.63) is 59.7 Å². The van der Waals surface area contributed by atoms with Crippen LogP contribution in [0, 0.1) is 6.92 Å². The lowest BCUT2D eigenvalue weighted by Gasteiger charge is -2.12. The number of benzene rings is 2. The molecule has 142 valence electrons. The number of amidine groups is 1. The average Bonchev–Trinajstić information content (AvgIpc) is 2.90. The zero-order valence-electron chi connectivity index (χ0n) is 15.2. The second-order valence-corrected chi connectivity index (χ2v) is 8.22. The van der Waals surface area contributed by atoms with Crippen LogP contribution in [0.5, 0.6) is 0 Å². The number of carbonyl (C=O) groups is 1. The molecule has 0 saturated heterocycles. The topological polar surface area (TPSA) is 87.6 Å². The normalized spacial score (nSPS) is 14.8. The molecular weight excluding hydrogens is 362 g/mol. The van der Waals surface area contributed by atoms with Crippen LogP contribution in [-0.2, 0) is 10.0 Å². The highest BCUT2D eigenvalue weighted by Gasteiger charge is 2.18. The van der Waals surface area contributed by atoms with E-state index in [0.717, 1.165) is 24.8 Å². The molecule has 6 nitrogen and oxygen atoms in total. The fraction of sp³-hybridized carbons (Fsp3) is 0.300. The number of nitrogens with one attached hydrogen (secondary N) is 2. The summed E-state index contributed by atoms with van der Waals surface area (Å²) in [6, 6.07) is 13.5. The Morgan fingerprint density at radius 1 is 1.04 bits per heavy atom. The predicted octanol–water partition coefficient (Wildman–Crippen LogP) is 3.50. The smallest absolute Gasteiger partial charge is 0.262 e. The van der Waals surface area contributed by atoms with Crippen LogP contribution in [0.3, 0.4) is 0 Å². The van der Waals surface area contributed by atoms with Gasteiger partial charge in [0.15, 0.2) is 0 Å². The number of hydrogen-bond donors (Lipinski definition) is 2. The lowest BCUT2D eigenvalue weighted by molar-refractivity contribution is 0.102. The van der Waals surface area contributed by atoms with Crippen molar-refractivity contribution in [3.8, 4) is 0 Å². The molecule has 2 N–H and O–H groups in total. The minimum Gasteiger partial charge on any atom is -0.322 e. The summed E-state index contributed by atoms with van der Waals surface area (Å²) in [6.07, 6.45) is 3.58. The number of carbonyl (C=O) groups excluding carboxylic acids is 1. The molecule has 2 aromatic rings. The van der Waals surface area contributed by atoms with Crippen molar-refractivity contribution in [2.45, 2.75) is 37.5 Å². The Balaban J connectivity index is 1.77. The highest BCUT2D eigenvalue weighted by molar-refractivity contribution is 7.90. The van der Waals surface area contributed by atoms with E-state index in [-0.39, 0.29) is 10.8 Å². The Kier molecular flexibility index (Phi) is 5.91. The molecule has 2 aromatic carbocycles. The lowest BCUT2D eigenvalue weighted by atomic mass is 10.1. The van der Waals surface area contributed by atoms with Crippen molar-refractivity contribution in [2.75, 3.05) is 11.9 Å². The Bertz CT molecular complexity index is 968. The van der Waals surface area contributed by atoms with Crippen LogP contribution in [0.4, 0.5) is 5.69 Å². The molecule has 0 saturated carbocycles.